The first kappa shape index (κ1) is 14.9. The molecule has 0 saturated carbocycles. The Bertz CT molecular complexity index is 1110. The first-order chi connectivity index (χ1) is 12.6. The minimum Gasteiger partial charge on any atom is -0.325 e. The highest BCUT2D eigenvalue weighted by molar-refractivity contribution is 6.16. The van der Waals surface area contributed by atoms with E-state index in [4.69, 9.17) is 0 Å². The number of benzene rings is 3. The second-order valence-electron chi connectivity index (χ2n) is 6.78. The normalized spacial score (nSPS) is 21.5. The highest BCUT2D eigenvalue weighted by atomic mass is 16.2. The van der Waals surface area contributed by atoms with E-state index in [1.54, 1.807) is 11.0 Å². The number of carbonyl (C=O) groups excluding carboxylic acids is 2. The van der Waals surface area contributed by atoms with E-state index in [9.17, 15) is 9.59 Å². The topological polar surface area (TPSA) is 49.4 Å². The van der Waals surface area contributed by atoms with Gasteiger partial charge in [-0.1, -0.05) is 61.2 Å². The first-order valence-corrected chi connectivity index (χ1v) is 8.54. The Labute approximate surface area is 150 Å². The van der Waals surface area contributed by atoms with Gasteiger partial charge < -0.3 is 5.32 Å². The lowest BCUT2D eigenvalue weighted by molar-refractivity contribution is -0.114. The predicted octanol–water partition coefficient (Wildman–Crippen LogP) is 3.73. The van der Waals surface area contributed by atoms with Gasteiger partial charge in [-0.05, 0) is 17.5 Å². The quantitative estimate of drug-likeness (QED) is 0.686. The van der Waals surface area contributed by atoms with Crippen LogP contribution in [0.3, 0.4) is 0 Å². The molecule has 1 unspecified atom stereocenters. The summed E-state index contributed by atoms with van der Waals surface area (Å²) in [4.78, 5) is 27.4. The van der Waals surface area contributed by atoms with Crippen molar-refractivity contribution < 1.29 is 9.59 Å². The van der Waals surface area contributed by atoms with Crippen LogP contribution in [0.2, 0.25) is 0 Å². The van der Waals surface area contributed by atoms with Crippen molar-refractivity contribution in [2.24, 2.45) is 0 Å². The molecule has 1 saturated heterocycles. The molecule has 3 aromatic rings. The summed E-state index contributed by atoms with van der Waals surface area (Å²) in [6, 6.07) is 21.3. The Hall–Kier alpha value is -3.40. The van der Waals surface area contributed by atoms with Crippen LogP contribution in [0, 0.1) is 0 Å². The van der Waals surface area contributed by atoms with Crippen LogP contribution in [0.5, 0.6) is 0 Å². The summed E-state index contributed by atoms with van der Waals surface area (Å²) in [6.07, 6.45) is 0.373. The second-order valence-corrected chi connectivity index (χ2v) is 6.78. The van der Waals surface area contributed by atoms with Crippen molar-refractivity contribution >= 4 is 28.3 Å². The summed E-state index contributed by atoms with van der Waals surface area (Å²) in [6.45, 7) is 3.97. The van der Waals surface area contributed by atoms with E-state index in [0.29, 0.717) is 17.6 Å². The lowest BCUT2D eigenvalue weighted by atomic mass is 9.94. The second kappa shape index (κ2) is 5.05. The van der Waals surface area contributed by atoms with Gasteiger partial charge in [0.05, 0.1) is 5.69 Å². The summed E-state index contributed by atoms with van der Waals surface area (Å²) in [7, 11) is 0. The Kier molecular flexibility index (Phi) is 2.89. The maximum atomic E-state index is 13.1. The Morgan fingerprint density at radius 3 is 2.54 bits per heavy atom. The van der Waals surface area contributed by atoms with Gasteiger partial charge in [-0.2, -0.15) is 0 Å². The van der Waals surface area contributed by atoms with Gasteiger partial charge in [0.25, 0.3) is 11.8 Å². The molecule has 0 aromatic heterocycles. The third-order valence-electron chi connectivity index (χ3n) is 5.30. The van der Waals surface area contributed by atoms with E-state index < -0.39 is 5.66 Å². The zero-order valence-corrected chi connectivity index (χ0v) is 14.0. The van der Waals surface area contributed by atoms with Crippen molar-refractivity contribution in [1.29, 1.82) is 0 Å². The fourth-order valence-electron chi connectivity index (χ4n) is 4.19. The number of amides is 2. The molecule has 26 heavy (non-hydrogen) atoms. The Morgan fingerprint density at radius 2 is 1.65 bits per heavy atom. The molecule has 1 atom stereocenters. The average molecular weight is 340 g/mol. The van der Waals surface area contributed by atoms with E-state index in [0.717, 1.165) is 22.0 Å². The van der Waals surface area contributed by atoms with Gasteiger partial charge in [0.2, 0.25) is 0 Å². The molecule has 4 heteroatoms. The molecular formula is C22H16N2O2. The monoisotopic (exact) mass is 340 g/mol. The summed E-state index contributed by atoms with van der Waals surface area (Å²) < 4.78 is 0. The molecule has 2 amide bonds. The van der Waals surface area contributed by atoms with Gasteiger partial charge >= 0.3 is 0 Å². The molecule has 2 aliphatic rings. The van der Waals surface area contributed by atoms with E-state index in [-0.39, 0.29) is 11.8 Å². The van der Waals surface area contributed by atoms with Crippen LogP contribution in [0.15, 0.2) is 78.9 Å². The van der Waals surface area contributed by atoms with Crippen LogP contribution in [0.25, 0.3) is 10.8 Å². The number of hydrogen-bond donors (Lipinski definition) is 1. The van der Waals surface area contributed by atoms with Crippen LogP contribution in [0.4, 0.5) is 5.69 Å². The van der Waals surface area contributed by atoms with Crippen LogP contribution < -0.4 is 10.2 Å². The van der Waals surface area contributed by atoms with Crippen LogP contribution >= 0.6 is 0 Å². The smallest absolute Gasteiger partial charge is 0.256 e. The fraction of sp³-hybridized carbons (Fsp3) is 0.0909. The third-order valence-corrected chi connectivity index (χ3v) is 5.30. The molecule has 0 radical (unpaired) electrons. The zero-order chi connectivity index (χ0) is 17.9. The highest BCUT2D eigenvalue weighted by Crippen LogP contribution is 2.48. The van der Waals surface area contributed by atoms with Crippen molar-refractivity contribution in [3.8, 4) is 0 Å². The van der Waals surface area contributed by atoms with Crippen LogP contribution in [0.1, 0.15) is 22.3 Å². The molecule has 0 bridgehead atoms. The van der Waals surface area contributed by atoms with Crippen LogP contribution in [-0.2, 0) is 10.5 Å². The maximum Gasteiger partial charge on any atom is 0.256 e. The van der Waals surface area contributed by atoms with Gasteiger partial charge in [0.1, 0.15) is 0 Å². The van der Waals surface area contributed by atoms with Gasteiger partial charge in [-0.25, -0.2) is 0 Å². The number of carbonyl (C=O) groups is 2. The van der Waals surface area contributed by atoms with Gasteiger partial charge in [0, 0.05) is 28.5 Å². The molecule has 3 aromatic carbocycles. The molecular weight excluding hydrogens is 324 g/mol. The molecule has 126 valence electrons. The lowest BCUT2D eigenvalue weighted by Crippen LogP contribution is -2.52. The third kappa shape index (κ3) is 1.78. The number of hydrogen-bond acceptors (Lipinski definition) is 2. The molecule has 5 rings (SSSR count). The predicted molar refractivity (Wildman–Crippen MR) is 101 cm³/mol. The molecule has 1 fully saturated rings. The van der Waals surface area contributed by atoms with Crippen molar-refractivity contribution in [3.05, 3.63) is 90.0 Å². The van der Waals surface area contributed by atoms with Crippen LogP contribution in [-0.4, -0.2) is 11.8 Å². The number of fused-ring (bicyclic) bond motifs is 3. The molecule has 1 N–H and O–H groups in total. The summed E-state index contributed by atoms with van der Waals surface area (Å²) in [5.74, 6) is -0.313. The highest BCUT2D eigenvalue weighted by Gasteiger charge is 2.55. The van der Waals surface area contributed by atoms with Crippen molar-refractivity contribution in [2.45, 2.75) is 12.1 Å². The van der Waals surface area contributed by atoms with E-state index in [2.05, 4.69) is 11.9 Å². The molecule has 4 nitrogen and oxygen atoms in total. The number of nitrogens with zero attached hydrogens (tertiary/aromatic N) is 1. The minimum absolute atomic E-state index is 0.154. The molecule has 2 aliphatic heterocycles. The van der Waals surface area contributed by atoms with Gasteiger partial charge in [0.15, 0.2) is 5.66 Å². The molecule has 2 heterocycles. The average Bonchev–Trinajstić information content (AvgIpc) is 3.08. The summed E-state index contributed by atoms with van der Waals surface area (Å²) in [5, 5.41) is 5.09. The Balaban J connectivity index is 1.81. The largest absolute Gasteiger partial charge is 0.325 e. The van der Waals surface area contributed by atoms with E-state index in [1.807, 2.05) is 60.7 Å². The number of anilines is 1. The SMILES string of the molecule is C=C1CC2(NC(=O)c3ccccc32)N(c2cccc3ccccc23)C1=O. The van der Waals surface area contributed by atoms with Crippen molar-refractivity contribution in [3.63, 3.8) is 0 Å². The molecule has 0 aliphatic carbocycles. The lowest BCUT2D eigenvalue weighted by Gasteiger charge is -2.36. The summed E-state index contributed by atoms with van der Waals surface area (Å²) >= 11 is 0. The van der Waals surface area contributed by atoms with Gasteiger partial charge in [-0.15, -0.1) is 0 Å². The summed E-state index contributed by atoms with van der Waals surface area (Å²) in [5.41, 5.74) is 1.80. The van der Waals surface area contributed by atoms with E-state index in [1.165, 1.54) is 0 Å². The standard InChI is InChI=1S/C22H16N2O2/c1-14-13-22(18-11-5-4-10-17(18)20(25)23-22)24(21(14)26)19-12-6-8-15-7-2-3-9-16(15)19/h2-12H,1,13H2,(H,23,25). The zero-order valence-electron chi connectivity index (χ0n) is 14.0. The van der Waals surface area contributed by atoms with Gasteiger partial charge in [-0.3, -0.25) is 14.5 Å². The van der Waals surface area contributed by atoms with Crippen molar-refractivity contribution in [2.75, 3.05) is 4.90 Å². The minimum atomic E-state index is -0.911. The maximum absolute atomic E-state index is 13.1. The number of rotatable bonds is 1. The molecule has 1 spiro atoms. The Morgan fingerprint density at radius 1 is 0.923 bits per heavy atom. The fourth-order valence-corrected chi connectivity index (χ4v) is 4.19. The van der Waals surface area contributed by atoms with E-state index >= 15 is 0 Å². The first-order valence-electron chi connectivity index (χ1n) is 8.54. The number of nitrogens with one attached hydrogen (secondary N) is 1. The van der Waals surface area contributed by atoms with Crippen molar-refractivity contribution in [1.82, 2.24) is 5.32 Å².